The summed E-state index contributed by atoms with van der Waals surface area (Å²) in [6.07, 6.45) is 0.551. The van der Waals surface area contributed by atoms with Crippen LogP contribution in [0, 0.1) is 12.7 Å². The predicted molar refractivity (Wildman–Crippen MR) is 79.5 cm³/mol. The number of carbonyl (C=O) groups excluding carboxylic acids is 1. The second-order valence-electron chi connectivity index (χ2n) is 4.83. The first-order chi connectivity index (χ1) is 9.70. The molecule has 3 aromatic carbocycles. The van der Waals surface area contributed by atoms with Gasteiger partial charge in [-0.15, -0.1) is 0 Å². The summed E-state index contributed by atoms with van der Waals surface area (Å²) >= 11 is 0. The van der Waals surface area contributed by atoms with Crippen LogP contribution in [0.1, 0.15) is 15.9 Å². The Morgan fingerprint density at radius 3 is 2.45 bits per heavy atom. The van der Waals surface area contributed by atoms with E-state index in [0.29, 0.717) is 6.29 Å². The van der Waals surface area contributed by atoms with Crippen molar-refractivity contribution in [2.45, 2.75) is 6.92 Å². The first kappa shape index (κ1) is 12.5. The monoisotopic (exact) mass is 264 g/mol. The normalized spacial score (nSPS) is 10.7. The molecule has 0 fully saturated rings. The Bertz CT molecular complexity index is 806. The van der Waals surface area contributed by atoms with Crippen LogP contribution in [0.15, 0.2) is 54.6 Å². The Hall–Kier alpha value is -2.48. The van der Waals surface area contributed by atoms with Gasteiger partial charge in [0.25, 0.3) is 0 Å². The fourth-order valence-electron chi connectivity index (χ4n) is 2.50. The van der Waals surface area contributed by atoms with Crippen LogP contribution in [0.25, 0.3) is 21.9 Å². The van der Waals surface area contributed by atoms with Gasteiger partial charge in [-0.3, -0.25) is 4.79 Å². The molecule has 0 saturated carbocycles. The molecule has 0 amide bonds. The zero-order valence-corrected chi connectivity index (χ0v) is 11.1. The zero-order valence-electron chi connectivity index (χ0n) is 11.1. The second kappa shape index (κ2) is 4.89. The van der Waals surface area contributed by atoms with Crippen molar-refractivity contribution in [2.75, 3.05) is 0 Å². The molecule has 0 aliphatic rings. The average Bonchev–Trinajstić information content (AvgIpc) is 2.49. The molecule has 0 aliphatic heterocycles. The smallest absolute Gasteiger partial charge is 0.153 e. The highest BCUT2D eigenvalue weighted by Gasteiger charge is 2.08. The lowest BCUT2D eigenvalue weighted by atomic mass is 9.95. The number of carbonyl (C=O) groups is 1. The highest BCUT2D eigenvalue weighted by molar-refractivity contribution is 5.99. The number of aldehydes is 1. The van der Waals surface area contributed by atoms with Crippen molar-refractivity contribution in [3.8, 4) is 11.1 Å². The lowest BCUT2D eigenvalue weighted by Gasteiger charge is -2.10. The molecule has 98 valence electrons. The summed E-state index contributed by atoms with van der Waals surface area (Å²) in [5, 5.41) is 2.28. The average molecular weight is 264 g/mol. The third kappa shape index (κ3) is 1.99. The van der Waals surface area contributed by atoms with Crippen LogP contribution in [-0.2, 0) is 0 Å². The van der Waals surface area contributed by atoms with Gasteiger partial charge in [0.05, 0.1) is 5.56 Å². The summed E-state index contributed by atoms with van der Waals surface area (Å²) in [6.45, 7) is 2.06. The van der Waals surface area contributed by atoms with E-state index in [2.05, 4.69) is 13.0 Å². The molecule has 3 rings (SSSR count). The van der Waals surface area contributed by atoms with E-state index in [-0.39, 0.29) is 5.56 Å². The Morgan fingerprint density at radius 2 is 1.70 bits per heavy atom. The maximum absolute atomic E-state index is 13.4. The number of hydrogen-bond donors (Lipinski definition) is 0. The quantitative estimate of drug-likeness (QED) is 0.609. The third-order valence-corrected chi connectivity index (χ3v) is 3.58. The van der Waals surface area contributed by atoms with Gasteiger partial charge in [-0.1, -0.05) is 42.5 Å². The molecule has 0 aromatic heterocycles. The molecular weight excluding hydrogens is 251 g/mol. The van der Waals surface area contributed by atoms with Crippen molar-refractivity contribution in [3.63, 3.8) is 0 Å². The van der Waals surface area contributed by atoms with E-state index in [1.165, 1.54) is 17.0 Å². The summed E-state index contributed by atoms with van der Waals surface area (Å²) in [4.78, 5) is 10.9. The number of halogens is 1. The molecule has 0 aliphatic carbocycles. The van der Waals surface area contributed by atoms with Crippen molar-refractivity contribution in [1.82, 2.24) is 0 Å². The minimum absolute atomic E-state index is 0.0900. The van der Waals surface area contributed by atoms with Gasteiger partial charge in [-0.2, -0.15) is 0 Å². The number of fused-ring (bicyclic) bond motifs is 1. The molecule has 0 spiro atoms. The number of hydrogen-bond acceptors (Lipinski definition) is 1. The van der Waals surface area contributed by atoms with Gasteiger partial charge in [0.2, 0.25) is 0 Å². The largest absolute Gasteiger partial charge is 0.298 e. The van der Waals surface area contributed by atoms with Crippen molar-refractivity contribution >= 4 is 17.1 Å². The predicted octanol–water partition coefficient (Wildman–Crippen LogP) is 4.77. The summed E-state index contributed by atoms with van der Waals surface area (Å²) in [6, 6.07) is 16.8. The Balaban J connectivity index is 2.30. The second-order valence-corrected chi connectivity index (χ2v) is 4.83. The van der Waals surface area contributed by atoms with Gasteiger partial charge in [0.15, 0.2) is 6.29 Å². The lowest BCUT2D eigenvalue weighted by Crippen LogP contribution is -1.90. The Kier molecular flexibility index (Phi) is 3.07. The van der Waals surface area contributed by atoms with Crippen LogP contribution in [0.3, 0.4) is 0 Å². The minimum Gasteiger partial charge on any atom is -0.298 e. The van der Waals surface area contributed by atoms with Crippen LogP contribution in [-0.4, -0.2) is 6.29 Å². The molecule has 1 nitrogen and oxygen atoms in total. The van der Waals surface area contributed by atoms with Gasteiger partial charge in [0.1, 0.15) is 5.82 Å². The molecule has 0 unspecified atom stereocenters. The van der Waals surface area contributed by atoms with Crippen LogP contribution >= 0.6 is 0 Å². The highest BCUT2D eigenvalue weighted by Crippen LogP contribution is 2.31. The van der Waals surface area contributed by atoms with Gasteiger partial charge < -0.3 is 0 Å². The third-order valence-electron chi connectivity index (χ3n) is 3.58. The van der Waals surface area contributed by atoms with Gasteiger partial charge >= 0.3 is 0 Å². The fourth-order valence-corrected chi connectivity index (χ4v) is 2.50. The van der Waals surface area contributed by atoms with Crippen molar-refractivity contribution < 1.29 is 9.18 Å². The summed E-state index contributed by atoms with van der Waals surface area (Å²) in [7, 11) is 0. The topological polar surface area (TPSA) is 17.1 Å². The number of rotatable bonds is 2. The van der Waals surface area contributed by atoms with E-state index in [9.17, 15) is 9.18 Å². The molecule has 20 heavy (non-hydrogen) atoms. The van der Waals surface area contributed by atoms with Crippen LogP contribution in [0.2, 0.25) is 0 Å². The molecule has 0 bridgehead atoms. The maximum atomic E-state index is 13.4. The lowest BCUT2D eigenvalue weighted by molar-refractivity contribution is 0.112. The van der Waals surface area contributed by atoms with E-state index in [1.54, 1.807) is 12.1 Å². The standard InChI is InChI=1S/C18H13FO/c1-12-6-8-16(17-5-3-2-4-15(12)17)13-7-9-18(19)14(10-13)11-20/h2-11H,1H3. The van der Waals surface area contributed by atoms with Crippen LogP contribution < -0.4 is 0 Å². The SMILES string of the molecule is Cc1ccc(-c2ccc(F)c(C=O)c2)c2ccccc12. The summed E-state index contributed by atoms with van der Waals surface area (Å²) < 4.78 is 13.4. The Labute approximate surface area is 116 Å². The number of benzene rings is 3. The van der Waals surface area contributed by atoms with Crippen molar-refractivity contribution in [1.29, 1.82) is 0 Å². The molecule has 0 radical (unpaired) electrons. The van der Waals surface area contributed by atoms with Crippen LogP contribution in [0.4, 0.5) is 4.39 Å². The zero-order chi connectivity index (χ0) is 14.1. The minimum atomic E-state index is -0.486. The van der Waals surface area contributed by atoms with Gasteiger partial charge in [0, 0.05) is 0 Å². The van der Waals surface area contributed by atoms with E-state index in [1.807, 2.05) is 30.3 Å². The van der Waals surface area contributed by atoms with Crippen LogP contribution in [0.5, 0.6) is 0 Å². The highest BCUT2D eigenvalue weighted by atomic mass is 19.1. The fraction of sp³-hybridized carbons (Fsp3) is 0.0556. The summed E-state index contributed by atoms with van der Waals surface area (Å²) in [5.41, 5.74) is 3.15. The molecule has 0 atom stereocenters. The molecule has 0 saturated heterocycles. The molecule has 0 N–H and O–H groups in total. The molecular formula is C18H13FO. The molecule has 3 aromatic rings. The maximum Gasteiger partial charge on any atom is 0.153 e. The van der Waals surface area contributed by atoms with E-state index < -0.39 is 5.82 Å². The first-order valence-electron chi connectivity index (χ1n) is 6.44. The molecule has 0 heterocycles. The number of aryl methyl sites for hydroxylation is 1. The summed E-state index contributed by atoms with van der Waals surface area (Å²) in [5.74, 6) is -0.486. The van der Waals surface area contributed by atoms with E-state index in [0.717, 1.165) is 16.5 Å². The Morgan fingerprint density at radius 1 is 0.950 bits per heavy atom. The van der Waals surface area contributed by atoms with Gasteiger partial charge in [-0.25, -0.2) is 4.39 Å². The van der Waals surface area contributed by atoms with E-state index in [4.69, 9.17) is 0 Å². The molecule has 2 heteroatoms. The van der Waals surface area contributed by atoms with Gasteiger partial charge in [-0.05, 0) is 46.5 Å². The first-order valence-corrected chi connectivity index (χ1v) is 6.44. The van der Waals surface area contributed by atoms with Crippen molar-refractivity contribution in [2.24, 2.45) is 0 Å². The van der Waals surface area contributed by atoms with Crippen molar-refractivity contribution in [3.05, 3.63) is 71.5 Å². The van der Waals surface area contributed by atoms with E-state index >= 15 is 0 Å².